The average molecular weight is 582 g/mol. The van der Waals surface area contributed by atoms with Gasteiger partial charge < -0.3 is 10.2 Å². The van der Waals surface area contributed by atoms with Gasteiger partial charge in [-0.1, -0.05) is 72.5 Å². The number of rotatable bonds is 10. The van der Waals surface area contributed by atoms with Crippen LogP contribution < -0.4 is 9.62 Å². The fourth-order valence-electron chi connectivity index (χ4n) is 5.12. The van der Waals surface area contributed by atoms with Crippen molar-refractivity contribution >= 4 is 39.1 Å². The first-order valence-corrected chi connectivity index (χ1v) is 15.4. The Bertz CT molecular complexity index is 1460. The molecule has 0 aromatic heterocycles. The molecule has 3 aromatic carbocycles. The summed E-state index contributed by atoms with van der Waals surface area (Å²) in [6.45, 7) is 5.06. The van der Waals surface area contributed by atoms with Crippen LogP contribution in [0, 0.1) is 13.8 Å². The second-order valence-electron chi connectivity index (χ2n) is 10.4. The Morgan fingerprint density at radius 3 is 2.33 bits per heavy atom. The molecule has 0 saturated heterocycles. The lowest BCUT2D eigenvalue weighted by Gasteiger charge is -2.33. The van der Waals surface area contributed by atoms with E-state index in [1.165, 1.54) is 17.0 Å². The molecule has 1 fully saturated rings. The smallest absolute Gasteiger partial charge is 0.264 e. The molecule has 0 bridgehead atoms. The Hall–Kier alpha value is -3.36. The van der Waals surface area contributed by atoms with Crippen LogP contribution in [0.5, 0.6) is 0 Å². The summed E-state index contributed by atoms with van der Waals surface area (Å²) in [5, 5.41) is 3.59. The topological polar surface area (TPSA) is 86.8 Å². The van der Waals surface area contributed by atoms with Gasteiger partial charge in [0.15, 0.2) is 0 Å². The number of sulfonamides is 1. The standard InChI is InChI=1S/C31H36ClN3O4S/c1-22-16-17-29(23(2)18-22)35(40(38,39)28-14-5-4-6-15-28)21-30(36)34(20-25-10-9-11-26(32)19-25)24(3)31(37)33-27-12-7-8-13-27/h4-6,9-11,14-19,24,27H,7-8,12-13,20-21H2,1-3H3,(H,33,37)/t24-/m1/s1. The number of hydrogen-bond donors (Lipinski definition) is 1. The van der Waals surface area contributed by atoms with Crippen molar-refractivity contribution in [3.05, 3.63) is 94.5 Å². The SMILES string of the molecule is Cc1ccc(N(CC(=O)N(Cc2cccc(Cl)c2)[C@H](C)C(=O)NC2CCCC2)S(=O)(=O)c2ccccc2)c(C)c1. The van der Waals surface area contributed by atoms with Gasteiger partial charge in [0.05, 0.1) is 10.6 Å². The fraction of sp³-hybridized carbons (Fsp3) is 0.355. The maximum Gasteiger partial charge on any atom is 0.264 e. The first-order chi connectivity index (χ1) is 19.1. The van der Waals surface area contributed by atoms with Crippen molar-refractivity contribution in [3.8, 4) is 0 Å². The van der Waals surface area contributed by atoms with Crippen LogP contribution in [0.1, 0.15) is 49.3 Å². The Morgan fingerprint density at radius 1 is 0.975 bits per heavy atom. The Kier molecular flexibility index (Phi) is 9.53. The first-order valence-electron chi connectivity index (χ1n) is 13.6. The van der Waals surface area contributed by atoms with Gasteiger partial charge in [-0.25, -0.2) is 8.42 Å². The molecule has 2 amide bonds. The number of anilines is 1. The van der Waals surface area contributed by atoms with Crippen LogP contribution in [0.2, 0.25) is 5.02 Å². The van der Waals surface area contributed by atoms with Gasteiger partial charge in [-0.15, -0.1) is 0 Å². The van der Waals surface area contributed by atoms with E-state index in [1.807, 2.05) is 32.0 Å². The molecule has 3 aromatic rings. The quantitative estimate of drug-likeness (QED) is 0.336. The highest BCUT2D eigenvalue weighted by atomic mass is 35.5. The number of hydrogen-bond acceptors (Lipinski definition) is 4. The summed E-state index contributed by atoms with van der Waals surface area (Å²) in [5.41, 5.74) is 2.85. The van der Waals surface area contributed by atoms with Crippen LogP contribution in [-0.4, -0.2) is 43.8 Å². The summed E-state index contributed by atoms with van der Waals surface area (Å²) in [6.07, 6.45) is 3.95. The largest absolute Gasteiger partial charge is 0.352 e. The van der Waals surface area contributed by atoms with Gasteiger partial charge in [-0.05, 0) is 75.1 Å². The highest BCUT2D eigenvalue weighted by Gasteiger charge is 2.33. The summed E-state index contributed by atoms with van der Waals surface area (Å²) in [4.78, 5) is 28.9. The molecule has 0 spiro atoms. The number of benzene rings is 3. The van der Waals surface area contributed by atoms with Crippen molar-refractivity contribution in [2.75, 3.05) is 10.8 Å². The predicted octanol–water partition coefficient (Wildman–Crippen LogP) is 5.63. The van der Waals surface area contributed by atoms with E-state index in [2.05, 4.69) is 5.32 Å². The van der Waals surface area contributed by atoms with Crippen LogP contribution in [0.3, 0.4) is 0 Å². The molecule has 1 atom stereocenters. The van der Waals surface area contributed by atoms with Crippen molar-refractivity contribution in [1.82, 2.24) is 10.2 Å². The molecule has 4 rings (SSSR count). The number of aryl methyl sites for hydroxylation is 2. The normalized spacial score (nSPS) is 14.5. The van der Waals surface area contributed by atoms with Crippen LogP contribution in [-0.2, 0) is 26.2 Å². The summed E-state index contributed by atoms with van der Waals surface area (Å²) in [6, 6.07) is 19.8. The third kappa shape index (κ3) is 7.04. The van der Waals surface area contributed by atoms with Gasteiger partial charge in [0.1, 0.15) is 12.6 Å². The summed E-state index contributed by atoms with van der Waals surface area (Å²) in [5.74, 6) is -0.750. The Morgan fingerprint density at radius 2 is 1.68 bits per heavy atom. The molecule has 9 heteroatoms. The highest BCUT2D eigenvalue weighted by Crippen LogP contribution is 2.28. The lowest BCUT2D eigenvalue weighted by molar-refractivity contribution is -0.139. The maximum atomic E-state index is 14.1. The summed E-state index contributed by atoms with van der Waals surface area (Å²) in [7, 11) is -4.10. The average Bonchev–Trinajstić information content (AvgIpc) is 3.44. The van der Waals surface area contributed by atoms with Crippen LogP contribution >= 0.6 is 11.6 Å². The minimum Gasteiger partial charge on any atom is -0.352 e. The van der Waals surface area contributed by atoms with Crippen molar-refractivity contribution in [3.63, 3.8) is 0 Å². The first kappa shape index (κ1) is 29.6. The van der Waals surface area contributed by atoms with E-state index in [4.69, 9.17) is 11.6 Å². The lowest BCUT2D eigenvalue weighted by Crippen LogP contribution is -2.52. The van der Waals surface area contributed by atoms with Crippen molar-refractivity contribution in [2.24, 2.45) is 0 Å². The molecule has 1 aliphatic carbocycles. The van der Waals surface area contributed by atoms with E-state index in [0.29, 0.717) is 10.7 Å². The summed E-state index contributed by atoms with van der Waals surface area (Å²) < 4.78 is 29.0. The lowest BCUT2D eigenvalue weighted by atomic mass is 10.1. The molecule has 0 heterocycles. The molecule has 40 heavy (non-hydrogen) atoms. The number of carbonyl (C=O) groups excluding carboxylic acids is 2. The maximum absolute atomic E-state index is 14.1. The molecule has 0 aliphatic heterocycles. The fourth-order valence-corrected chi connectivity index (χ4v) is 6.84. The highest BCUT2D eigenvalue weighted by molar-refractivity contribution is 7.92. The number of carbonyl (C=O) groups is 2. The van der Waals surface area contributed by atoms with Gasteiger partial charge in [-0.2, -0.15) is 0 Å². The van der Waals surface area contributed by atoms with Gasteiger partial charge >= 0.3 is 0 Å². The predicted molar refractivity (Wildman–Crippen MR) is 159 cm³/mol. The Balaban J connectivity index is 1.70. The third-order valence-corrected chi connectivity index (χ3v) is 9.35. The van der Waals surface area contributed by atoms with E-state index in [9.17, 15) is 18.0 Å². The van der Waals surface area contributed by atoms with Crippen molar-refractivity contribution < 1.29 is 18.0 Å². The van der Waals surface area contributed by atoms with Crippen LogP contribution in [0.4, 0.5) is 5.69 Å². The molecular formula is C31H36ClN3O4S. The van der Waals surface area contributed by atoms with E-state index in [-0.39, 0.29) is 23.4 Å². The van der Waals surface area contributed by atoms with Crippen LogP contribution in [0.15, 0.2) is 77.7 Å². The molecule has 212 valence electrons. The number of nitrogens with zero attached hydrogens (tertiary/aromatic N) is 2. The van der Waals surface area contributed by atoms with E-state index >= 15 is 0 Å². The minimum atomic E-state index is -4.10. The molecule has 0 radical (unpaired) electrons. The monoisotopic (exact) mass is 581 g/mol. The van der Waals surface area contributed by atoms with E-state index in [1.54, 1.807) is 49.4 Å². The second kappa shape index (κ2) is 12.9. The van der Waals surface area contributed by atoms with Crippen molar-refractivity contribution in [2.45, 2.75) is 70.0 Å². The van der Waals surface area contributed by atoms with Gasteiger partial charge in [0.25, 0.3) is 10.0 Å². The zero-order valence-electron chi connectivity index (χ0n) is 23.1. The molecule has 7 nitrogen and oxygen atoms in total. The molecule has 1 N–H and O–H groups in total. The summed E-state index contributed by atoms with van der Waals surface area (Å²) >= 11 is 6.22. The minimum absolute atomic E-state index is 0.0798. The van der Waals surface area contributed by atoms with E-state index < -0.39 is 28.5 Å². The third-order valence-electron chi connectivity index (χ3n) is 7.34. The van der Waals surface area contributed by atoms with Crippen LogP contribution in [0.25, 0.3) is 0 Å². The van der Waals surface area contributed by atoms with Gasteiger partial charge in [0, 0.05) is 17.6 Å². The molecule has 1 aliphatic rings. The second-order valence-corrected chi connectivity index (χ2v) is 12.7. The van der Waals surface area contributed by atoms with Gasteiger partial charge in [-0.3, -0.25) is 13.9 Å². The van der Waals surface area contributed by atoms with E-state index in [0.717, 1.165) is 46.7 Å². The molecule has 0 unspecified atom stereocenters. The molecular weight excluding hydrogens is 546 g/mol. The zero-order chi connectivity index (χ0) is 28.9. The molecule has 1 saturated carbocycles. The zero-order valence-corrected chi connectivity index (χ0v) is 24.7. The Labute approximate surface area is 242 Å². The van der Waals surface area contributed by atoms with Gasteiger partial charge in [0.2, 0.25) is 11.8 Å². The number of halogens is 1. The number of nitrogens with one attached hydrogen (secondary N) is 1. The van der Waals surface area contributed by atoms with Crippen molar-refractivity contribution in [1.29, 1.82) is 0 Å². The number of amides is 2.